The molecule has 1 heterocycles. The lowest BCUT2D eigenvalue weighted by Crippen LogP contribution is -2.01. The first-order valence-corrected chi connectivity index (χ1v) is 6.55. The van der Waals surface area contributed by atoms with Crippen LogP contribution in [0.2, 0.25) is 0 Å². The van der Waals surface area contributed by atoms with E-state index in [1.807, 2.05) is 7.05 Å². The fraction of sp³-hybridized carbons (Fsp3) is 0.467. The van der Waals surface area contributed by atoms with Crippen molar-refractivity contribution in [1.82, 2.24) is 9.55 Å². The molecule has 0 radical (unpaired) electrons. The first-order valence-electron chi connectivity index (χ1n) is 6.55. The first-order chi connectivity index (χ1) is 9.02. The standard InChI is InChI=1S/C15H20N2O2/c1-10(2)15-16-12-9-11(6-8-14(18)19-4)5-7-13(12)17(15)3/h5,7,9-10H,6,8H2,1-4H3. The third-order valence-corrected chi connectivity index (χ3v) is 3.34. The number of fused-ring (bicyclic) bond motifs is 1. The molecule has 0 N–H and O–H groups in total. The van der Waals surface area contributed by atoms with Gasteiger partial charge in [0, 0.05) is 19.4 Å². The number of imidazole rings is 1. The monoisotopic (exact) mass is 260 g/mol. The van der Waals surface area contributed by atoms with E-state index in [-0.39, 0.29) is 5.97 Å². The zero-order valence-electron chi connectivity index (χ0n) is 11.9. The van der Waals surface area contributed by atoms with Crippen molar-refractivity contribution in [3.05, 3.63) is 29.6 Å². The zero-order chi connectivity index (χ0) is 14.0. The molecule has 2 aromatic rings. The van der Waals surface area contributed by atoms with Crippen molar-refractivity contribution in [2.45, 2.75) is 32.6 Å². The fourth-order valence-electron chi connectivity index (χ4n) is 2.28. The Morgan fingerprint density at radius 3 is 2.79 bits per heavy atom. The van der Waals surface area contributed by atoms with Crippen molar-refractivity contribution < 1.29 is 9.53 Å². The van der Waals surface area contributed by atoms with Gasteiger partial charge in [-0.3, -0.25) is 4.79 Å². The minimum atomic E-state index is -0.177. The van der Waals surface area contributed by atoms with Crippen molar-refractivity contribution >= 4 is 17.0 Å². The molecule has 0 atom stereocenters. The quantitative estimate of drug-likeness (QED) is 0.794. The molecule has 0 spiro atoms. The maximum absolute atomic E-state index is 11.2. The van der Waals surface area contributed by atoms with Crippen LogP contribution in [0.15, 0.2) is 18.2 Å². The zero-order valence-corrected chi connectivity index (χ0v) is 11.9. The van der Waals surface area contributed by atoms with Gasteiger partial charge in [-0.2, -0.15) is 0 Å². The SMILES string of the molecule is COC(=O)CCc1ccc2c(c1)nc(C(C)C)n2C. The molecular formula is C15H20N2O2. The maximum Gasteiger partial charge on any atom is 0.305 e. The average molecular weight is 260 g/mol. The maximum atomic E-state index is 11.2. The first kappa shape index (κ1) is 13.6. The Bertz CT molecular complexity index is 599. The summed E-state index contributed by atoms with van der Waals surface area (Å²) in [6.07, 6.45) is 1.10. The van der Waals surface area contributed by atoms with Gasteiger partial charge in [0.25, 0.3) is 0 Å². The summed E-state index contributed by atoms with van der Waals surface area (Å²) in [5.41, 5.74) is 3.24. The van der Waals surface area contributed by atoms with Gasteiger partial charge in [-0.15, -0.1) is 0 Å². The highest BCUT2D eigenvalue weighted by Gasteiger charge is 2.11. The van der Waals surface area contributed by atoms with Gasteiger partial charge in [0.1, 0.15) is 5.82 Å². The molecule has 0 aliphatic heterocycles. The highest BCUT2D eigenvalue weighted by molar-refractivity contribution is 5.77. The van der Waals surface area contributed by atoms with E-state index in [1.165, 1.54) is 7.11 Å². The molecule has 0 unspecified atom stereocenters. The molecule has 0 aliphatic carbocycles. The Labute approximate surface area is 113 Å². The lowest BCUT2D eigenvalue weighted by Gasteiger charge is -2.04. The molecule has 1 aromatic carbocycles. The molecule has 102 valence electrons. The second-order valence-electron chi connectivity index (χ2n) is 5.08. The minimum Gasteiger partial charge on any atom is -0.469 e. The molecule has 0 saturated carbocycles. The highest BCUT2D eigenvalue weighted by Crippen LogP contribution is 2.22. The Balaban J connectivity index is 2.28. The van der Waals surface area contributed by atoms with E-state index in [2.05, 4.69) is 46.3 Å². The van der Waals surface area contributed by atoms with Gasteiger partial charge in [-0.1, -0.05) is 19.9 Å². The minimum absolute atomic E-state index is 0.177. The van der Waals surface area contributed by atoms with Gasteiger partial charge in [0.05, 0.1) is 18.1 Å². The lowest BCUT2D eigenvalue weighted by atomic mass is 10.1. The molecule has 4 heteroatoms. The van der Waals surface area contributed by atoms with Gasteiger partial charge in [-0.25, -0.2) is 4.98 Å². The molecule has 0 saturated heterocycles. The van der Waals surface area contributed by atoms with E-state index in [4.69, 9.17) is 0 Å². The molecule has 2 rings (SSSR count). The summed E-state index contributed by atoms with van der Waals surface area (Å²) in [7, 11) is 3.46. The molecule has 0 bridgehead atoms. The van der Waals surface area contributed by atoms with E-state index in [0.717, 1.165) is 22.4 Å². The lowest BCUT2D eigenvalue weighted by molar-refractivity contribution is -0.140. The van der Waals surface area contributed by atoms with E-state index in [0.29, 0.717) is 18.8 Å². The summed E-state index contributed by atoms with van der Waals surface area (Å²) < 4.78 is 6.78. The van der Waals surface area contributed by atoms with Crippen LogP contribution >= 0.6 is 0 Å². The molecular weight excluding hydrogens is 240 g/mol. The van der Waals surface area contributed by atoms with E-state index in [9.17, 15) is 4.79 Å². The summed E-state index contributed by atoms with van der Waals surface area (Å²) in [6, 6.07) is 6.18. The van der Waals surface area contributed by atoms with Gasteiger partial charge in [0.2, 0.25) is 0 Å². The number of ether oxygens (including phenoxy) is 1. The van der Waals surface area contributed by atoms with Gasteiger partial charge < -0.3 is 9.30 Å². The number of methoxy groups -OCH3 is 1. The van der Waals surface area contributed by atoms with Crippen molar-refractivity contribution in [3.63, 3.8) is 0 Å². The smallest absolute Gasteiger partial charge is 0.305 e. The third kappa shape index (κ3) is 2.78. The number of hydrogen-bond acceptors (Lipinski definition) is 3. The van der Waals surface area contributed by atoms with Crippen LogP contribution in [-0.2, 0) is 23.0 Å². The van der Waals surface area contributed by atoms with E-state index < -0.39 is 0 Å². The average Bonchev–Trinajstić information content (AvgIpc) is 2.73. The van der Waals surface area contributed by atoms with Crippen LogP contribution in [0, 0.1) is 0 Å². The number of carbonyl (C=O) groups excluding carboxylic acids is 1. The largest absolute Gasteiger partial charge is 0.469 e. The molecule has 19 heavy (non-hydrogen) atoms. The predicted octanol–water partition coefficient (Wildman–Crippen LogP) is 2.80. The normalized spacial score (nSPS) is 11.2. The number of hydrogen-bond donors (Lipinski definition) is 0. The van der Waals surface area contributed by atoms with Gasteiger partial charge in [-0.05, 0) is 24.1 Å². The predicted molar refractivity (Wildman–Crippen MR) is 75.1 cm³/mol. The summed E-state index contributed by atoms with van der Waals surface area (Å²) >= 11 is 0. The molecule has 0 aliphatic rings. The van der Waals surface area contributed by atoms with Crippen LogP contribution < -0.4 is 0 Å². The summed E-state index contributed by atoms with van der Waals surface area (Å²) in [6.45, 7) is 4.28. The molecule has 1 aromatic heterocycles. The van der Waals surface area contributed by atoms with Crippen LogP contribution in [0.1, 0.15) is 37.6 Å². The topological polar surface area (TPSA) is 44.1 Å². The number of aryl methyl sites for hydroxylation is 2. The number of rotatable bonds is 4. The number of carbonyl (C=O) groups is 1. The van der Waals surface area contributed by atoms with Crippen molar-refractivity contribution in [3.8, 4) is 0 Å². The van der Waals surface area contributed by atoms with Crippen LogP contribution in [0.5, 0.6) is 0 Å². The second kappa shape index (κ2) is 5.43. The third-order valence-electron chi connectivity index (χ3n) is 3.34. The Kier molecular flexibility index (Phi) is 3.88. The van der Waals surface area contributed by atoms with Crippen LogP contribution in [0.3, 0.4) is 0 Å². The number of aromatic nitrogens is 2. The summed E-state index contributed by atoms with van der Waals surface area (Å²) in [4.78, 5) is 15.8. The molecule has 4 nitrogen and oxygen atoms in total. The Morgan fingerprint density at radius 2 is 2.16 bits per heavy atom. The van der Waals surface area contributed by atoms with Gasteiger partial charge in [0.15, 0.2) is 0 Å². The number of benzene rings is 1. The van der Waals surface area contributed by atoms with Crippen LogP contribution in [0.25, 0.3) is 11.0 Å². The Morgan fingerprint density at radius 1 is 1.42 bits per heavy atom. The van der Waals surface area contributed by atoms with Crippen LogP contribution in [0.4, 0.5) is 0 Å². The summed E-state index contributed by atoms with van der Waals surface area (Å²) in [5, 5.41) is 0. The summed E-state index contributed by atoms with van der Waals surface area (Å²) in [5.74, 6) is 1.31. The van der Waals surface area contributed by atoms with Gasteiger partial charge >= 0.3 is 5.97 Å². The fourth-order valence-corrected chi connectivity index (χ4v) is 2.28. The van der Waals surface area contributed by atoms with Crippen molar-refractivity contribution in [2.75, 3.05) is 7.11 Å². The number of nitrogens with zero attached hydrogens (tertiary/aromatic N) is 2. The highest BCUT2D eigenvalue weighted by atomic mass is 16.5. The van der Waals surface area contributed by atoms with Crippen LogP contribution in [-0.4, -0.2) is 22.6 Å². The molecule has 0 fully saturated rings. The van der Waals surface area contributed by atoms with E-state index in [1.54, 1.807) is 0 Å². The van der Waals surface area contributed by atoms with Crippen molar-refractivity contribution in [2.24, 2.45) is 7.05 Å². The number of esters is 1. The molecule has 0 amide bonds. The second-order valence-corrected chi connectivity index (χ2v) is 5.08. The van der Waals surface area contributed by atoms with Crippen molar-refractivity contribution in [1.29, 1.82) is 0 Å². The van der Waals surface area contributed by atoms with E-state index >= 15 is 0 Å². The Hall–Kier alpha value is -1.84.